The smallest absolute Gasteiger partial charge is 0.115 e. The molecule has 2 heteroatoms. The van der Waals surface area contributed by atoms with Crippen molar-refractivity contribution >= 4 is 15.9 Å². The number of hydrogen-bond acceptors (Lipinski definition) is 1. The second-order valence-corrected chi connectivity index (χ2v) is 5.55. The van der Waals surface area contributed by atoms with Crippen molar-refractivity contribution in [2.24, 2.45) is 0 Å². The Kier molecular flexibility index (Phi) is 2.48. The number of halogens is 1. The first-order valence-corrected chi connectivity index (χ1v) is 6.56. The van der Waals surface area contributed by atoms with Gasteiger partial charge in [-0.25, -0.2) is 0 Å². The van der Waals surface area contributed by atoms with Crippen LogP contribution in [0.25, 0.3) is 0 Å². The molecule has 2 aromatic carbocycles. The first-order valence-electron chi connectivity index (χ1n) is 5.76. The molecular formula is C15H13BrO. The molecule has 0 radical (unpaired) electrons. The van der Waals surface area contributed by atoms with Crippen LogP contribution in [0.5, 0.6) is 5.75 Å². The van der Waals surface area contributed by atoms with Crippen molar-refractivity contribution in [1.82, 2.24) is 0 Å². The van der Waals surface area contributed by atoms with Crippen LogP contribution in [-0.2, 0) is 5.41 Å². The van der Waals surface area contributed by atoms with Gasteiger partial charge in [-0.05, 0) is 48.2 Å². The zero-order valence-corrected chi connectivity index (χ0v) is 10.9. The molecule has 1 aliphatic carbocycles. The van der Waals surface area contributed by atoms with E-state index in [1.807, 2.05) is 12.1 Å². The maximum Gasteiger partial charge on any atom is 0.115 e. The lowest BCUT2D eigenvalue weighted by Crippen LogP contribution is -2.07. The molecule has 1 fully saturated rings. The molecule has 0 amide bonds. The predicted octanol–water partition coefficient (Wildman–Crippen LogP) is 4.23. The molecule has 86 valence electrons. The third-order valence-corrected chi connectivity index (χ3v) is 4.10. The highest BCUT2D eigenvalue weighted by molar-refractivity contribution is 9.10. The van der Waals surface area contributed by atoms with Crippen molar-refractivity contribution in [2.75, 3.05) is 0 Å². The summed E-state index contributed by atoms with van der Waals surface area (Å²) in [7, 11) is 0. The van der Waals surface area contributed by atoms with Crippen LogP contribution in [0.1, 0.15) is 24.0 Å². The molecule has 1 aliphatic rings. The fourth-order valence-electron chi connectivity index (χ4n) is 2.42. The monoisotopic (exact) mass is 288 g/mol. The molecule has 0 aliphatic heterocycles. The molecule has 0 heterocycles. The van der Waals surface area contributed by atoms with Gasteiger partial charge in [0.2, 0.25) is 0 Å². The van der Waals surface area contributed by atoms with Crippen molar-refractivity contribution in [3.8, 4) is 5.75 Å². The summed E-state index contributed by atoms with van der Waals surface area (Å²) in [6.07, 6.45) is 2.39. The lowest BCUT2D eigenvalue weighted by molar-refractivity contribution is 0.475. The van der Waals surface area contributed by atoms with Gasteiger partial charge in [0.25, 0.3) is 0 Å². The SMILES string of the molecule is Oc1ccc(C2(c3ccc(Br)cc3)CC2)cc1. The highest BCUT2D eigenvalue weighted by Gasteiger charge is 2.45. The molecule has 0 aromatic heterocycles. The fraction of sp³-hybridized carbons (Fsp3) is 0.200. The number of hydrogen-bond donors (Lipinski definition) is 1. The third kappa shape index (κ3) is 1.87. The Hall–Kier alpha value is -1.28. The Morgan fingerprint density at radius 3 is 1.76 bits per heavy atom. The highest BCUT2D eigenvalue weighted by Crippen LogP contribution is 2.53. The molecule has 0 saturated heterocycles. The predicted molar refractivity (Wildman–Crippen MR) is 72.3 cm³/mol. The van der Waals surface area contributed by atoms with Crippen molar-refractivity contribution in [2.45, 2.75) is 18.3 Å². The Morgan fingerprint density at radius 1 is 0.824 bits per heavy atom. The maximum absolute atomic E-state index is 9.34. The molecule has 0 bridgehead atoms. The van der Waals surface area contributed by atoms with E-state index in [1.54, 1.807) is 12.1 Å². The summed E-state index contributed by atoms with van der Waals surface area (Å²) < 4.78 is 1.11. The molecule has 0 atom stereocenters. The van der Waals surface area contributed by atoms with Crippen molar-refractivity contribution < 1.29 is 5.11 Å². The average molecular weight is 289 g/mol. The minimum atomic E-state index is 0.189. The van der Waals surface area contributed by atoms with Crippen LogP contribution in [0.3, 0.4) is 0 Å². The summed E-state index contributed by atoms with van der Waals surface area (Å²) in [4.78, 5) is 0. The number of aromatic hydroxyl groups is 1. The van der Waals surface area contributed by atoms with Crippen LogP contribution in [0.4, 0.5) is 0 Å². The molecule has 3 rings (SSSR count). The van der Waals surface area contributed by atoms with Gasteiger partial charge in [-0.1, -0.05) is 40.2 Å². The lowest BCUT2D eigenvalue weighted by Gasteiger charge is -2.16. The summed E-state index contributed by atoms with van der Waals surface area (Å²) in [5, 5.41) is 9.34. The molecule has 0 spiro atoms. The van der Waals surface area contributed by atoms with Gasteiger partial charge in [-0.15, -0.1) is 0 Å². The first kappa shape index (κ1) is 10.8. The van der Waals surface area contributed by atoms with Crippen LogP contribution in [0.15, 0.2) is 53.0 Å². The fourth-order valence-corrected chi connectivity index (χ4v) is 2.68. The van der Waals surface area contributed by atoms with Crippen LogP contribution >= 0.6 is 15.9 Å². The van der Waals surface area contributed by atoms with E-state index in [1.165, 1.54) is 24.0 Å². The second kappa shape index (κ2) is 3.88. The van der Waals surface area contributed by atoms with Gasteiger partial charge in [0.1, 0.15) is 5.75 Å². The van der Waals surface area contributed by atoms with Gasteiger partial charge in [-0.2, -0.15) is 0 Å². The third-order valence-electron chi connectivity index (χ3n) is 3.57. The van der Waals surface area contributed by atoms with E-state index in [-0.39, 0.29) is 5.41 Å². The summed E-state index contributed by atoms with van der Waals surface area (Å²) >= 11 is 3.47. The Bertz CT molecular complexity index is 476. The summed E-state index contributed by atoms with van der Waals surface area (Å²) in [5.41, 5.74) is 2.86. The van der Waals surface area contributed by atoms with Gasteiger partial charge < -0.3 is 5.11 Å². The minimum absolute atomic E-state index is 0.189. The number of benzene rings is 2. The number of rotatable bonds is 2. The second-order valence-electron chi connectivity index (χ2n) is 4.64. The van der Waals surface area contributed by atoms with Gasteiger partial charge in [0, 0.05) is 9.89 Å². The summed E-state index contributed by atoms with van der Waals surface area (Å²) in [5.74, 6) is 0.334. The van der Waals surface area contributed by atoms with E-state index in [9.17, 15) is 5.11 Å². The Labute approximate surface area is 109 Å². The van der Waals surface area contributed by atoms with E-state index < -0.39 is 0 Å². The average Bonchev–Trinajstić information content (AvgIpc) is 3.12. The number of phenolic OH excluding ortho intramolecular Hbond substituents is 1. The molecule has 1 saturated carbocycles. The van der Waals surface area contributed by atoms with E-state index in [0.717, 1.165) is 4.47 Å². The largest absolute Gasteiger partial charge is 0.508 e. The van der Waals surface area contributed by atoms with E-state index >= 15 is 0 Å². The van der Waals surface area contributed by atoms with Crippen molar-refractivity contribution in [1.29, 1.82) is 0 Å². The molecular weight excluding hydrogens is 276 g/mol. The van der Waals surface area contributed by atoms with Gasteiger partial charge in [-0.3, -0.25) is 0 Å². The Morgan fingerprint density at radius 2 is 1.29 bits per heavy atom. The standard InChI is InChI=1S/C15H13BrO/c16-13-5-1-11(2-6-13)15(9-10-15)12-3-7-14(17)8-4-12/h1-8,17H,9-10H2. The molecule has 0 unspecified atom stereocenters. The van der Waals surface area contributed by atoms with Crippen LogP contribution in [-0.4, -0.2) is 5.11 Å². The topological polar surface area (TPSA) is 20.2 Å². The molecule has 2 aromatic rings. The zero-order chi connectivity index (χ0) is 11.9. The molecule has 1 nitrogen and oxygen atoms in total. The van der Waals surface area contributed by atoms with Crippen LogP contribution in [0.2, 0.25) is 0 Å². The molecule has 1 N–H and O–H groups in total. The van der Waals surface area contributed by atoms with Gasteiger partial charge in [0.05, 0.1) is 0 Å². The van der Waals surface area contributed by atoms with Crippen molar-refractivity contribution in [3.05, 3.63) is 64.1 Å². The molecule has 17 heavy (non-hydrogen) atoms. The zero-order valence-electron chi connectivity index (χ0n) is 9.36. The highest BCUT2D eigenvalue weighted by atomic mass is 79.9. The normalized spacial score (nSPS) is 16.8. The maximum atomic E-state index is 9.34. The van der Waals surface area contributed by atoms with Crippen molar-refractivity contribution in [3.63, 3.8) is 0 Å². The van der Waals surface area contributed by atoms with E-state index in [0.29, 0.717) is 5.75 Å². The lowest BCUT2D eigenvalue weighted by atomic mass is 9.88. The van der Waals surface area contributed by atoms with Crippen LogP contribution in [0, 0.1) is 0 Å². The quantitative estimate of drug-likeness (QED) is 0.877. The van der Waals surface area contributed by atoms with Gasteiger partial charge >= 0.3 is 0 Å². The van der Waals surface area contributed by atoms with Crippen LogP contribution < -0.4 is 0 Å². The summed E-state index contributed by atoms with van der Waals surface area (Å²) in [6, 6.07) is 16.2. The first-order chi connectivity index (χ1) is 8.21. The van der Waals surface area contributed by atoms with Gasteiger partial charge in [0.15, 0.2) is 0 Å². The summed E-state index contributed by atoms with van der Waals surface area (Å²) in [6.45, 7) is 0. The Balaban J connectivity index is 2.01. The van der Waals surface area contributed by atoms with E-state index in [2.05, 4.69) is 40.2 Å². The number of phenols is 1. The van der Waals surface area contributed by atoms with E-state index in [4.69, 9.17) is 0 Å². The minimum Gasteiger partial charge on any atom is -0.508 e.